The average Bonchev–Trinajstić information content (AvgIpc) is 2.87. The van der Waals surface area contributed by atoms with Crippen LogP contribution in [0.25, 0.3) is 0 Å². The molecule has 0 aromatic rings. The van der Waals surface area contributed by atoms with E-state index in [-0.39, 0.29) is 23.7 Å². The highest BCUT2D eigenvalue weighted by Gasteiger charge is 2.54. The SMILES string of the molecule is O=C(O)C1CC2=C3CCC(C(=O)O)C3C1C2. The molecule has 0 aliphatic heterocycles. The standard InChI is InChI=1S/C12H14O4/c13-11(14)7-2-1-6-5-3-8(10(6)7)9(4-5)12(15)16/h7-10H,1-4H2,(H,13,14)(H,15,16). The predicted octanol–water partition coefficient (Wildman–Crippen LogP) is 1.52. The van der Waals surface area contributed by atoms with Crippen LogP contribution in [0.3, 0.4) is 0 Å². The van der Waals surface area contributed by atoms with Gasteiger partial charge in [-0.3, -0.25) is 9.59 Å². The van der Waals surface area contributed by atoms with Crippen molar-refractivity contribution in [2.24, 2.45) is 23.7 Å². The molecular formula is C12H14O4. The quantitative estimate of drug-likeness (QED) is 0.694. The molecule has 86 valence electrons. The van der Waals surface area contributed by atoms with Gasteiger partial charge in [0.2, 0.25) is 0 Å². The lowest BCUT2D eigenvalue weighted by atomic mass is 9.76. The highest BCUT2D eigenvalue weighted by atomic mass is 16.4. The number of aliphatic carboxylic acids is 2. The highest BCUT2D eigenvalue weighted by Crippen LogP contribution is 2.59. The lowest BCUT2D eigenvalue weighted by Gasteiger charge is -2.26. The molecule has 0 heterocycles. The molecule has 4 nitrogen and oxygen atoms in total. The summed E-state index contributed by atoms with van der Waals surface area (Å²) in [6.45, 7) is 0. The molecule has 0 spiro atoms. The fourth-order valence-electron chi connectivity index (χ4n) is 3.98. The Morgan fingerprint density at radius 2 is 1.75 bits per heavy atom. The van der Waals surface area contributed by atoms with Gasteiger partial charge in [-0.2, -0.15) is 0 Å². The van der Waals surface area contributed by atoms with Crippen molar-refractivity contribution in [1.29, 1.82) is 0 Å². The Bertz CT molecular complexity index is 409. The topological polar surface area (TPSA) is 74.6 Å². The number of carboxylic acids is 2. The lowest BCUT2D eigenvalue weighted by Crippen LogP contribution is -2.31. The fourth-order valence-corrected chi connectivity index (χ4v) is 3.98. The van der Waals surface area contributed by atoms with Crippen LogP contribution in [0.4, 0.5) is 0 Å². The fraction of sp³-hybridized carbons (Fsp3) is 0.667. The van der Waals surface area contributed by atoms with Crippen LogP contribution in [0.5, 0.6) is 0 Å². The number of carboxylic acid groups (broad SMARTS) is 2. The van der Waals surface area contributed by atoms with Crippen LogP contribution >= 0.6 is 0 Å². The van der Waals surface area contributed by atoms with E-state index in [9.17, 15) is 9.59 Å². The number of fused-ring (bicyclic) bond motifs is 4. The number of carbonyl (C=O) groups is 2. The van der Waals surface area contributed by atoms with E-state index in [0.717, 1.165) is 12.8 Å². The summed E-state index contributed by atoms with van der Waals surface area (Å²) < 4.78 is 0. The van der Waals surface area contributed by atoms with E-state index in [0.29, 0.717) is 12.8 Å². The zero-order valence-electron chi connectivity index (χ0n) is 8.85. The van der Waals surface area contributed by atoms with Gasteiger partial charge in [0.25, 0.3) is 0 Å². The van der Waals surface area contributed by atoms with Gasteiger partial charge < -0.3 is 10.2 Å². The second-order valence-electron chi connectivity index (χ2n) is 5.15. The van der Waals surface area contributed by atoms with Crippen molar-refractivity contribution < 1.29 is 19.8 Å². The van der Waals surface area contributed by atoms with Crippen LogP contribution in [0, 0.1) is 23.7 Å². The smallest absolute Gasteiger partial charge is 0.307 e. The van der Waals surface area contributed by atoms with Crippen molar-refractivity contribution in [3.8, 4) is 0 Å². The third-order valence-electron chi connectivity index (χ3n) is 4.58. The number of rotatable bonds is 2. The van der Waals surface area contributed by atoms with Gasteiger partial charge in [0, 0.05) is 0 Å². The molecule has 3 rings (SSSR count). The first-order valence-electron chi connectivity index (χ1n) is 5.76. The molecule has 4 heteroatoms. The van der Waals surface area contributed by atoms with E-state index in [1.54, 1.807) is 0 Å². The maximum atomic E-state index is 11.1. The Balaban J connectivity index is 1.95. The zero-order valence-corrected chi connectivity index (χ0v) is 8.85. The molecule has 0 amide bonds. The van der Waals surface area contributed by atoms with Crippen molar-refractivity contribution in [2.45, 2.75) is 25.7 Å². The molecule has 16 heavy (non-hydrogen) atoms. The zero-order chi connectivity index (χ0) is 11.4. The third kappa shape index (κ3) is 1.10. The van der Waals surface area contributed by atoms with E-state index >= 15 is 0 Å². The number of hydrogen-bond donors (Lipinski definition) is 2. The number of hydrogen-bond acceptors (Lipinski definition) is 2. The first kappa shape index (κ1) is 9.87. The van der Waals surface area contributed by atoms with E-state index in [4.69, 9.17) is 10.2 Å². The molecule has 2 saturated carbocycles. The molecule has 0 aromatic carbocycles. The van der Waals surface area contributed by atoms with Gasteiger partial charge in [-0.15, -0.1) is 0 Å². The molecule has 0 saturated heterocycles. The maximum Gasteiger partial charge on any atom is 0.307 e. The molecule has 4 unspecified atom stereocenters. The molecule has 3 aliphatic rings. The van der Waals surface area contributed by atoms with Crippen LogP contribution in [0.15, 0.2) is 11.1 Å². The molecule has 4 atom stereocenters. The van der Waals surface area contributed by atoms with Gasteiger partial charge in [-0.05, 0) is 37.5 Å². The molecule has 3 aliphatic carbocycles. The normalized spacial score (nSPS) is 40.2. The Hall–Kier alpha value is -1.32. The Labute approximate surface area is 93.0 Å². The second-order valence-corrected chi connectivity index (χ2v) is 5.15. The largest absolute Gasteiger partial charge is 0.481 e. The summed E-state index contributed by atoms with van der Waals surface area (Å²) in [6, 6.07) is 0. The van der Waals surface area contributed by atoms with Gasteiger partial charge >= 0.3 is 11.9 Å². The van der Waals surface area contributed by atoms with E-state index in [1.165, 1.54) is 11.1 Å². The second kappa shape index (κ2) is 3.09. The van der Waals surface area contributed by atoms with Crippen molar-refractivity contribution >= 4 is 11.9 Å². The van der Waals surface area contributed by atoms with Crippen LogP contribution in [0.1, 0.15) is 25.7 Å². The van der Waals surface area contributed by atoms with Crippen molar-refractivity contribution in [1.82, 2.24) is 0 Å². The van der Waals surface area contributed by atoms with Crippen molar-refractivity contribution in [2.75, 3.05) is 0 Å². The minimum Gasteiger partial charge on any atom is -0.481 e. The predicted molar refractivity (Wildman–Crippen MR) is 54.7 cm³/mol. The van der Waals surface area contributed by atoms with E-state index < -0.39 is 11.9 Å². The van der Waals surface area contributed by atoms with Gasteiger partial charge in [-0.25, -0.2) is 0 Å². The van der Waals surface area contributed by atoms with Crippen LogP contribution < -0.4 is 0 Å². The summed E-state index contributed by atoms with van der Waals surface area (Å²) in [4.78, 5) is 22.2. The lowest BCUT2D eigenvalue weighted by molar-refractivity contribution is -0.147. The Morgan fingerprint density at radius 1 is 1.06 bits per heavy atom. The molecular weight excluding hydrogens is 208 g/mol. The summed E-state index contributed by atoms with van der Waals surface area (Å²) in [7, 11) is 0. The molecule has 0 radical (unpaired) electrons. The molecule has 0 aromatic heterocycles. The van der Waals surface area contributed by atoms with Crippen molar-refractivity contribution in [3.63, 3.8) is 0 Å². The van der Waals surface area contributed by atoms with Crippen LogP contribution in [0.2, 0.25) is 0 Å². The molecule has 2 N–H and O–H groups in total. The van der Waals surface area contributed by atoms with Gasteiger partial charge in [0.1, 0.15) is 0 Å². The first-order chi connectivity index (χ1) is 7.59. The summed E-state index contributed by atoms with van der Waals surface area (Å²) >= 11 is 0. The highest BCUT2D eigenvalue weighted by molar-refractivity contribution is 5.76. The van der Waals surface area contributed by atoms with E-state index in [2.05, 4.69) is 0 Å². The van der Waals surface area contributed by atoms with Crippen LogP contribution in [-0.4, -0.2) is 22.2 Å². The summed E-state index contributed by atoms with van der Waals surface area (Å²) in [5.41, 5.74) is 2.54. The van der Waals surface area contributed by atoms with Crippen molar-refractivity contribution in [3.05, 3.63) is 11.1 Å². The average molecular weight is 222 g/mol. The first-order valence-corrected chi connectivity index (χ1v) is 5.76. The number of allylic oxidation sites excluding steroid dienone is 2. The Kier molecular flexibility index (Phi) is 1.91. The summed E-state index contributed by atoms with van der Waals surface area (Å²) in [6.07, 6.45) is 3.07. The third-order valence-corrected chi connectivity index (χ3v) is 4.58. The van der Waals surface area contributed by atoms with E-state index in [1.807, 2.05) is 0 Å². The Morgan fingerprint density at radius 3 is 2.38 bits per heavy atom. The monoisotopic (exact) mass is 222 g/mol. The summed E-state index contributed by atoms with van der Waals surface area (Å²) in [5, 5.41) is 18.3. The minimum absolute atomic E-state index is 0.0300. The van der Waals surface area contributed by atoms with Crippen LogP contribution in [-0.2, 0) is 9.59 Å². The molecule has 2 bridgehead atoms. The minimum atomic E-state index is -0.755. The van der Waals surface area contributed by atoms with Gasteiger partial charge in [-0.1, -0.05) is 11.1 Å². The maximum absolute atomic E-state index is 11.1. The summed E-state index contributed by atoms with van der Waals surface area (Å²) in [5.74, 6) is -2.08. The molecule has 2 fully saturated rings. The van der Waals surface area contributed by atoms with Gasteiger partial charge in [0.15, 0.2) is 0 Å². The van der Waals surface area contributed by atoms with Gasteiger partial charge in [0.05, 0.1) is 11.8 Å².